The Morgan fingerprint density at radius 2 is 2.11 bits per heavy atom. The molecule has 0 unspecified atom stereocenters. The van der Waals surface area contributed by atoms with Crippen LogP contribution >= 0.6 is 0 Å². The summed E-state index contributed by atoms with van der Waals surface area (Å²) in [6.45, 7) is 0.548. The van der Waals surface area contributed by atoms with Crippen molar-refractivity contribution in [2.24, 2.45) is 0 Å². The average molecular weight is 239 g/mol. The molecule has 5 nitrogen and oxygen atoms in total. The van der Waals surface area contributed by atoms with Gasteiger partial charge in [-0.3, -0.25) is 0 Å². The Labute approximate surface area is 104 Å². The smallest absolute Gasteiger partial charge is 0.149 e. The molecule has 0 spiro atoms. The topological polar surface area (TPSA) is 79.6 Å². The number of rotatable bonds is 3. The minimum absolute atomic E-state index is 0.487. The van der Waals surface area contributed by atoms with Crippen LogP contribution in [-0.4, -0.2) is 15.0 Å². The summed E-state index contributed by atoms with van der Waals surface area (Å²) in [6.07, 6.45) is 3.60. The Balaban J connectivity index is 1.81. The molecule has 0 fully saturated rings. The summed E-state index contributed by atoms with van der Waals surface area (Å²) in [6, 6.07) is 9.79. The summed E-state index contributed by atoms with van der Waals surface area (Å²) in [7, 11) is 0. The predicted octanol–water partition coefficient (Wildman–Crippen LogP) is 2.15. The molecule has 0 aliphatic rings. The first-order valence-electron chi connectivity index (χ1n) is 5.70. The highest BCUT2D eigenvalue weighted by Crippen LogP contribution is 2.22. The number of nitrogens with two attached hydrogens (primary N) is 1. The van der Waals surface area contributed by atoms with E-state index in [2.05, 4.69) is 26.3 Å². The number of H-pyrrole nitrogens is 1. The van der Waals surface area contributed by atoms with Crippen LogP contribution in [0.2, 0.25) is 0 Å². The Morgan fingerprint density at radius 3 is 3.00 bits per heavy atom. The third kappa shape index (κ3) is 1.98. The number of aromatic nitrogens is 3. The van der Waals surface area contributed by atoms with Gasteiger partial charge in [0.15, 0.2) is 0 Å². The highest BCUT2D eigenvalue weighted by molar-refractivity contribution is 5.92. The highest BCUT2D eigenvalue weighted by Gasteiger charge is 2.03. The van der Waals surface area contributed by atoms with Crippen molar-refractivity contribution < 1.29 is 0 Å². The number of para-hydroxylation sites is 1. The van der Waals surface area contributed by atoms with E-state index in [1.165, 1.54) is 0 Å². The van der Waals surface area contributed by atoms with Gasteiger partial charge in [0.05, 0.1) is 12.2 Å². The molecule has 3 aromatic rings. The van der Waals surface area contributed by atoms with Crippen LogP contribution in [0, 0.1) is 0 Å². The first-order valence-corrected chi connectivity index (χ1v) is 5.70. The number of hydrogen-bond acceptors (Lipinski definition) is 4. The quantitative estimate of drug-likeness (QED) is 0.654. The van der Waals surface area contributed by atoms with Crippen molar-refractivity contribution in [2.75, 3.05) is 11.1 Å². The Kier molecular flexibility index (Phi) is 2.57. The Morgan fingerprint density at radius 1 is 1.22 bits per heavy atom. The lowest BCUT2D eigenvalue weighted by molar-refractivity contribution is 0.955. The molecule has 90 valence electrons. The number of hydrogen-bond donors (Lipinski definition) is 3. The average Bonchev–Trinajstić information content (AvgIpc) is 2.80. The van der Waals surface area contributed by atoms with Gasteiger partial charge in [-0.05, 0) is 12.1 Å². The molecule has 18 heavy (non-hydrogen) atoms. The number of nitrogen functional groups attached to an aromatic ring is 1. The zero-order valence-electron chi connectivity index (χ0n) is 9.72. The van der Waals surface area contributed by atoms with Crippen LogP contribution < -0.4 is 11.1 Å². The molecule has 0 aliphatic carbocycles. The van der Waals surface area contributed by atoms with E-state index in [9.17, 15) is 0 Å². The van der Waals surface area contributed by atoms with E-state index in [-0.39, 0.29) is 0 Å². The molecule has 4 N–H and O–H groups in total. The van der Waals surface area contributed by atoms with E-state index < -0.39 is 0 Å². The van der Waals surface area contributed by atoms with Crippen LogP contribution in [0.3, 0.4) is 0 Å². The molecule has 0 amide bonds. The minimum Gasteiger partial charge on any atom is -0.384 e. The van der Waals surface area contributed by atoms with Crippen LogP contribution in [0.4, 0.5) is 11.5 Å². The molecule has 0 bridgehead atoms. The van der Waals surface area contributed by atoms with Crippen molar-refractivity contribution in [1.82, 2.24) is 15.0 Å². The SMILES string of the molecule is Nc1ccnc(CNc2c[nH]c3ccccc23)n1. The number of fused-ring (bicyclic) bond motifs is 1. The van der Waals surface area contributed by atoms with E-state index in [4.69, 9.17) is 5.73 Å². The second-order valence-corrected chi connectivity index (χ2v) is 4.00. The number of nitrogens with zero attached hydrogens (tertiary/aromatic N) is 2. The summed E-state index contributed by atoms with van der Waals surface area (Å²) >= 11 is 0. The second-order valence-electron chi connectivity index (χ2n) is 4.00. The monoisotopic (exact) mass is 239 g/mol. The van der Waals surface area contributed by atoms with Crippen LogP contribution in [-0.2, 0) is 6.54 Å². The van der Waals surface area contributed by atoms with Crippen molar-refractivity contribution in [2.45, 2.75) is 6.54 Å². The lowest BCUT2D eigenvalue weighted by Gasteiger charge is -2.04. The van der Waals surface area contributed by atoms with Crippen LogP contribution in [0.15, 0.2) is 42.7 Å². The van der Waals surface area contributed by atoms with E-state index >= 15 is 0 Å². The molecule has 1 aromatic carbocycles. The Bertz CT molecular complexity index is 674. The van der Waals surface area contributed by atoms with Crippen molar-refractivity contribution in [1.29, 1.82) is 0 Å². The molecular weight excluding hydrogens is 226 g/mol. The summed E-state index contributed by atoms with van der Waals surface area (Å²) in [5, 5.41) is 4.45. The summed E-state index contributed by atoms with van der Waals surface area (Å²) in [5.41, 5.74) is 7.76. The van der Waals surface area contributed by atoms with Gasteiger partial charge in [0.1, 0.15) is 11.6 Å². The molecule has 3 rings (SSSR count). The van der Waals surface area contributed by atoms with E-state index in [1.54, 1.807) is 12.3 Å². The van der Waals surface area contributed by atoms with Crippen molar-refractivity contribution >= 4 is 22.4 Å². The van der Waals surface area contributed by atoms with Crippen molar-refractivity contribution in [3.05, 3.63) is 48.5 Å². The summed E-state index contributed by atoms with van der Waals surface area (Å²) in [4.78, 5) is 11.5. The third-order valence-electron chi connectivity index (χ3n) is 2.75. The molecule has 2 aromatic heterocycles. The summed E-state index contributed by atoms with van der Waals surface area (Å²) in [5.74, 6) is 1.17. The molecule has 0 radical (unpaired) electrons. The maximum absolute atomic E-state index is 5.61. The number of anilines is 2. The largest absolute Gasteiger partial charge is 0.384 e. The standard InChI is InChI=1S/C13H13N5/c14-12-5-6-15-13(18-12)8-17-11-7-16-10-4-2-1-3-9(10)11/h1-7,16-17H,8H2,(H2,14,15,18). The van der Waals surface area contributed by atoms with Gasteiger partial charge >= 0.3 is 0 Å². The molecule has 0 saturated heterocycles. The molecule has 0 atom stereocenters. The second kappa shape index (κ2) is 4.37. The summed E-state index contributed by atoms with van der Waals surface area (Å²) < 4.78 is 0. The van der Waals surface area contributed by atoms with E-state index in [0.29, 0.717) is 18.2 Å². The highest BCUT2D eigenvalue weighted by atomic mass is 15.0. The fraction of sp³-hybridized carbons (Fsp3) is 0.0769. The lowest BCUT2D eigenvalue weighted by Crippen LogP contribution is -2.05. The number of aromatic amines is 1. The fourth-order valence-electron chi connectivity index (χ4n) is 1.89. The van der Waals surface area contributed by atoms with Gasteiger partial charge < -0.3 is 16.0 Å². The van der Waals surface area contributed by atoms with Gasteiger partial charge in [-0.15, -0.1) is 0 Å². The van der Waals surface area contributed by atoms with Gasteiger partial charge in [0.2, 0.25) is 0 Å². The van der Waals surface area contributed by atoms with Gasteiger partial charge in [-0.1, -0.05) is 18.2 Å². The third-order valence-corrected chi connectivity index (χ3v) is 2.75. The number of benzene rings is 1. The minimum atomic E-state index is 0.487. The van der Waals surface area contributed by atoms with Gasteiger partial charge in [-0.25, -0.2) is 9.97 Å². The lowest BCUT2D eigenvalue weighted by atomic mass is 10.2. The van der Waals surface area contributed by atoms with Gasteiger partial charge in [-0.2, -0.15) is 0 Å². The predicted molar refractivity (Wildman–Crippen MR) is 72.1 cm³/mol. The zero-order valence-corrected chi connectivity index (χ0v) is 9.72. The van der Waals surface area contributed by atoms with E-state index in [1.807, 2.05) is 24.4 Å². The van der Waals surface area contributed by atoms with Crippen molar-refractivity contribution in [3.8, 4) is 0 Å². The van der Waals surface area contributed by atoms with Gasteiger partial charge in [0.25, 0.3) is 0 Å². The first-order chi connectivity index (χ1) is 8.83. The number of nitrogens with one attached hydrogen (secondary N) is 2. The maximum Gasteiger partial charge on any atom is 0.149 e. The first kappa shape index (κ1) is 10.6. The molecule has 2 heterocycles. The fourth-order valence-corrected chi connectivity index (χ4v) is 1.89. The Hall–Kier alpha value is -2.56. The van der Waals surface area contributed by atoms with Crippen LogP contribution in [0.25, 0.3) is 10.9 Å². The van der Waals surface area contributed by atoms with Crippen LogP contribution in [0.5, 0.6) is 0 Å². The molecule has 0 saturated carbocycles. The maximum atomic E-state index is 5.61. The normalized spacial score (nSPS) is 10.7. The zero-order chi connectivity index (χ0) is 12.4. The molecule has 5 heteroatoms. The van der Waals surface area contributed by atoms with E-state index in [0.717, 1.165) is 16.6 Å². The van der Waals surface area contributed by atoms with Gasteiger partial charge in [0, 0.05) is 23.3 Å². The van der Waals surface area contributed by atoms with Crippen molar-refractivity contribution in [3.63, 3.8) is 0 Å². The van der Waals surface area contributed by atoms with Crippen LogP contribution in [0.1, 0.15) is 5.82 Å². The molecular formula is C13H13N5. The molecule has 0 aliphatic heterocycles.